The molecule has 1 unspecified atom stereocenters. The molecule has 15 heteroatoms. The molecule has 3 atom stereocenters. The van der Waals surface area contributed by atoms with Gasteiger partial charge in [0.25, 0.3) is 5.91 Å². The van der Waals surface area contributed by atoms with Crippen molar-refractivity contribution in [2.24, 2.45) is 0 Å². The van der Waals surface area contributed by atoms with E-state index in [2.05, 4.69) is 5.32 Å². The Kier molecular flexibility index (Phi) is 10.8. The van der Waals surface area contributed by atoms with Crippen LogP contribution in [0.25, 0.3) is 10.1 Å². The van der Waals surface area contributed by atoms with Crippen molar-refractivity contribution in [1.29, 1.82) is 0 Å². The molecule has 11 nitrogen and oxygen atoms in total. The minimum absolute atomic E-state index is 0.147. The van der Waals surface area contributed by atoms with Gasteiger partial charge in [-0.25, -0.2) is 0 Å². The number of amides is 3. The number of alkyl halides is 2. The fraction of sp³-hybridized carbons (Fsp3) is 0.469. The average molecular weight is 693 g/mol. The zero-order valence-electron chi connectivity index (χ0n) is 26.2. The van der Waals surface area contributed by atoms with E-state index in [1.54, 1.807) is 9.80 Å². The molecule has 254 valence electrons. The molecular formula is C32H39F2N4O7PS. The number of fused-ring (bicyclic) bond motifs is 1. The number of hydrogen-bond acceptors (Lipinski definition) is 7. The first-order chi connectivity index (χ1) is 22.3. The standard InChI is InChI=1S/C32H39F2N4O7PS/c1-36(2)14-6-10-24(35-29(39)28-19-22-18-23(12-13-27(22)47-28)32(33,34)46(42,43)44)30(40)38-15-7-11-25(38)31(41)37-16-17-45-26(20-37)21-8-4-3-5-9-21/h3-5,8-9,12-13,18-19,24-26H,6-7,10-11,14-17,20H2,1-2H3,(H,35,39)(H2,42,43,44)/t24?,25-,26-/m0/s1. The summed E-state index contributed by atoms with van der Waals surface area (Å²) in [5.41, 5.74) is -4.27. The summed E-state index contributed by atoms with van der Waals surface area (Å²) in [5, 5.41) is 3.04. The summed E-state index contributed by atoms with van der Waals surface area (Å²) in [6.45, 7) is 2.20. The lowest BCUT2D eigenvalue weighted by Crippen LogP contribution is -2.55. The molecule has 2 saturated heterocycles. The smallest absolute Gasteiger partial charge is 0.370 e. The van der Waals surface area contributed by atoms with Crippen molar-refractivity contribution in [2.45, 2.75) is 49.5 Å². The van der Waals surface area contributed by atoms with Gasteiger partial charge < -0.3 is 34.5 Å². The van der Waals surface area contributed by atoms with Gasteiger partial charge in [-0.05, 0) is 75.5 Å². The molecule has 47 heavy (non-hydrogen) atoms. The number of likely N-dealkylation sites (tertiary alicyclic amines) is 1. The largest absolute Gasteiger partial charge is 0.399 e. The maximum atomic E-state index is 14.3. The van der Waals surface area contributed by atoms with Crippen LogP contribution in [0, 0.1) is 0 Å². The van der Waals surface area contributed by atoms with Crippen LogP contribution >= 0.6 is 18.9 Å². The van der Waals surface area contributed by atoms with E-state index < -0.39 is 36.8 Å². The zero-order valence-corrected chi connectivity index (χ0v) is 27.9. The summed E-state index contributed by atoms with van der Waals surface area (Å²) in [5.74, 6) is -1.09. The van der Waals surface area contributed by atoms with E-state index in [1.165, 1.54) is 12.1 Å². The lowest BCUT2D eigenvalue weighted by atomic mass is 10.1. The number of benzene rings is 2. The first kappa shape index (κ1) is 35.1. The van der Waals surface area contributed by atoms with Crippen molar-refractivity contribution in [3.63, 3.8) is 0 Å². The molecule has 0 aliphatic carbocycles. The summed E-state index contributed by atoms with van der Waals surface area (Å²) >= 11 is 1.01. The van der Waals surface area contributed by atoms with Crippen LogP contribution in [0.5, 0.6) is 0 Å². The maximum Gasteiger partial charge on any atom is 0.399 e. The number of hydrogen-bond donors (Lipinski definition) is 3. The predicted molar refractivity (Wildman–Crippen MR) is 173 cm³/mol. The topological polar surface area (TPSA) is 140 Å². The van der Waals surface area contributed by atoms with Crippen molar-refractivity contribution >= 4 is 46.7 Å². The van der Waals surface area contributed by atoms with Crippen molar-refractivity contribution in [2.75, 3.05) is 46.9 Å². The fourth-order valence-corrected chi connectivity index (χ4v) is 7.45. The molecule has 0 radical (unpaired) electrons. The van der Waals surface area contributed by atoms with Crippen LogP contribution in [-0.2, 0) is 24.6 Å². The number of carbonyl (C=O) groups is 3. The molecule has 0 saturated carbocycles. The van der Waals surface area contributed by atoms with Crippen molar-refractivity contribution < 1.29 is 42.3 Å². The Morgan fingerprint density at radius 1 is 1.13 bits per heavy atom. The minimum Gasteiger partial charge on any atom is -0.370 e. The molecule has 3 amide bonds. The Morgan fingerprint density at radius 3 is 2.57 bits per heavy atom. The van der Waals surface area contributed by atoms with Crippen LogP contribution in [0.2, 0.25) is 0 Å². The van der Waals surface area contributed by atoms with E-state index in [0.29, 0.717) is 63.2 Å². The van der Waals surface area contributed by atoms with Gasteiger partial charge in [0.15, 0.2) is 0 Å². The molecule has 2 aromatic carbocycles. The van der Waals surface area contributed by atoms with Crippen molar-refractivity contribution in [1.82, 2.24) is 20.0 Å². The Balaban J connectivity index is 1.32. The first-order valence-electron chi connectivity index (χ1n) is 15.4. The molecule has 5 rings (SSSR count). The number of ether oxygens (including phenoxy) is 1. The summed E-state index contributed by atoms with van der Waals surface area (Å²) in [4.78, 5) is 65.0. The molecule has 2 aliphatic rings. The van der Waals surface area contributed by atoms with Crippen molar-refractivity contribution in [3.8, 4) is 0 Å². The summed E-state index contributed by atoms with van der Waals surface area (Å²) < 4.78 is 46.4. The van der Waals surface area contributed by atoms with Crippen molar-refractivity contribution in [3.05, 3.63) is 70.6 Å². The number of rotatable bonds is 11. The summed E-state index contributed by atoms with van der Waals surface area (Å²) in [7, 11) is -1.97. The molecule has 0 bridgehead atoms. The third-order valence-electron chi connectivity index (χ3n) is 8.53. The molecule has 2 aliphatic heterocycles. The van der Waals surface area contributed by atoms with Crippen LogP contribution in [0.4, 0.5) is 8.78 Å². The van der Waals surface area contributed by atoms with Crippen LogP contribution in [0.15, 0.2) is 54.6 Å². The van der Waals surface area contributed by atoms with Crippen LogP contribution in [-0.4, -0.2) is 101 Å². The van der Waals surface area contributed by atoms with Crippen LogP contribution in [0.1, 0.15) is 52.6 Å². The number of thiophene rings is 1. The summed E-state index contributed by atoms with van der Waals surface area (Å²) in [6, 6.07) is 12.6. The normalized spacial score (nSPS) is 19.7. The van der Waals surface area contributed by atoms with E-state index in [4.69, 9.17) is 14.5 Å². The van der Waals surface area contributed by atoms with Gasteiger partial charge in [0.2, 0.25) is 11.8 Å². The van der Waals surface area contributed by atoms with E-state index in [9.17, 15) is 27.7 Å². The zero-order chi connectivity index (χ0) is 33.9. The molecule has 3 heterocycles. The van der Waals surface area contributed by atoms with Crippen LogP contribution < -0.4 is 5.32 Å². The summed E-state index contributed by atoms with van der Waals surface area (Å²) in [6.07, 6.45) is 1.79. The Labute approximate surface area is 275 Å². The highest BCUT2D eigenvalue weighted by Gasteiger charge is 2.50. The SMILES string of the molecule is CN(C)CCCC(NC(=O)c1cc2cc(C(F)(F)P(=O)(O)O)ccc2s1)C(=O)N1CCC[C@H]1C(=O)N1CCO[C@H](c2ccccc2)C1. The van der Waals surface area contributed by atoms with Gasteiger partial charge in [-0.2, -0.15) is 8.78 Å². The third kappa shape index (κ3) is 7.90. The Hall–Kier alpha value is -3.26. The lowest BCUT2D eigenvalue weighted by Gasteiger charge is -2.37. The molecule has 3 N–H and O–H groups in total. The first-order valence-corrected chi connectivity index (χ1v) is 17.9. The van der Waals surface area contributed by atoms with Gasteiger partial charge in [0.1, 0.15) is 18.2 Å². The third-order valence-corrected chi connectivity index (χ3v) is 10.6. The number of nitrogens with one attached hydrogen (secondary N) is 1. The second-order valence-electron chi connectivity index (χ2n) is 12.2. The monoisotopic (exact) mass is 692 g/mol. The number of carbonyl (C=O) groups excluding carboxylic acids is 3. The molecule has 1 aromatic heterocycles. The Bertz CT molecular complexity index is 1650. The van der Waals surface area contributed by atoms with E-state index in [0.717, 1.165) is 29.0 Å². The van der Waals surface area contributed by atoms with Gasteiger partial charge >= 0.3 is 13.3 Å². The maximum absolute atomic E-state index is 14.3. The van der Waals surface area contributed by atoms with Gasteiger partial charge in [-0.3, -0.25) is 18.9 Å². The number of halogens is 2. The fourth-order valence-electron chi connectivity index (χ4n) is 6.03. The van der Waals surface area contributed by atoms with E-state index >= 15 is 0 Å². The molecule has 2 fully saturated rings. The van der Waals surface area contributed by atoms with E-state index in [-0.39, 0.29) is 28.2 Å². The van der Waals surface area contributed by atoms with Gasteiger partial charge in [0, 0.05) is 23.4 Å². The van der Waals surface area contributed by atoms with E-state index in [1.807, 2.05) is 49.3 Å². The highest BCUT2D eigenvalue weighted by atomic mass is 32.1. The van der Waals surface area contributed by atoms with Gasteiger partial charge in [0.05, 0.1) is 18.0 Å². The second-order valence-corrected chi connectivity index (χ2v) is 14.9. The highest BCUT2D eigenvalue weighted by molar-refractivity contribution is 7.52. The predicted octanol–water partition coefficient (Wildman–Crippen LogP) is 4.16. The molecule has 0 spiro atoms. The van der Waals surface area contributed by atoms with Crippen LogP contribution in [0.3, 0.4) is 0 Å². The van der Waals surface area contributed by atoms with Gasteiger partial charge in [-0.15, -0.1) is 11.3 Å². The number of nitrogens with zero attached hydrogens (tertiary/aromatic N) is 3. The second kappa shape index (κ2) is 14.5. The quantitative estimate of drug-likeness (QED) is 0.255. The minimum atomic E-state index is -5.77. The van der Waals surface area contributed by atoms with Gasteiger partial charge in [-0.1, -0.05) is 36.4 Å². The Morgan fingerprint density at radius 2 is 1.87 bits per heavy atom. The lowest BCUT2D eigenvalue weighted by molar-refractivity contribution is -0.149. The number of morpholine rings is 1. The average Bonchev–Trinajstić information content (AvgIpc) is 3.71. The molecular weight excluding hydrogens is 653 g/mol. The molecule has 3 aromatic rings. The highest BCUT2D eigenvalue weighted by Crippen LogP contribution is 2.59.